The summed E-state index contributed by atoms with van der Waals surface area (Å²) in [6.45, 7) is 0. The van der Waals surface area contributed by atoms with Gasteiger partial charge in [-0.3, -0.25) is 9.59 Å². The number of carboxylic acid groups (broad SMARTS) is 2. The van der Waals surface area contributed by atoms with Crippen LogP contribution in [0.25, 0.3) is 0 Å². The molecule has 13 heavy (non-hydrogen) atoms. The van der Waals surface area contributed by atoms with Crippen molar-refractivity contribution in [1.29, 1.82) is 0 Å². The van der Waals surface area contributed by atoms with Crippen molar-refractivity contribution >= 4 is 38.9 Å². The molecule has 0 saturated heterocycles. The largest absolute Gasteiger partial charge is 0.481 e. The average molecular weight is 227 g/mol. The minimum Gasteiger partial charge on any atom is -0.481 e. The lowest BCUT2D eigenvalue weighted by atomic mass is 9.69. The maximum Gasteiger partial charge on any atom is 0.323 e. The molecule has 0 bridgehead atoms. The molecule has 0 aromatic carbocycles. The molecule has 1 aliphatic rings. The molecule has 0 aromatic heterocycles. The molecule has 7 heteroatoms. The van der Waals surface area contributed by atoms with Crippen LogP contribution in [0.2, 0.25) is 0 Å². The van der Waals surface area contributed by atoms with Gasteiger partial charge in [0.25, 0.3) is 0 Å². The van der Waals surface area contributed by atoms with Gasteiger partial charge in [-0.05, 0) is 12.8 Å². The molecule has 1 aliphatic carbocycles. The van der Waals surface area contributed by atoms with Crippen molar-refractivity contribution < 1.29 is 19.8 Å². The summed E-state index contributed by atoms with van der Waals surface area (Å²) in [5.41, 5.74) is 4.02. The second-order valence-corrected chi connectivity index (χ2v) is 2.90. The fraction of sp³-hybridized carbons (Fsp3) is 0.667. The van der Waals surface area contributed by atoms with E-state index in [1.54, 1.807) is 0 Å². The van der Waals surface area contributed by atoms with Crippen LogP contribution in [0.5, 0.6) is 0 Å². The van der Waals surface area contributed by atoms with Gasteiger partial charge >= 0.3 is 11.9 Å². The fourth-order valence-electron chi connectivity index (χ4n) is 1.17. The van der Waals surface area contributed by atoms with Gasteiger partial charge in [-0.2, -0.15) is 27.0 Å². The van der Waals surface area contributed by atoms with Gasteiger partial charge in [0.15, 0.2) is 0 Å². The van der Waals surface area contributed by atoms with Crippen LogP contribution in [0, 0.1) is 5.92 Å². The molecule has 0 unspecified atom stereocenters. The molecule has 0 aliphatic heterocycles. The van der Waals surface area contributed by atoms with E-state index in [9.17, 15) is 9.59 Å². The summed E-state index contributed by atoms with van der Waals surface area (Å²) < 4.78 is 0. The molecule has 78 valence electrons. The second-order valence-electron chi connectivity index (χ2n) is 2.90. The second kappa shape index (κ2) is 4.73. The molecule has 0 radical (unpaired) electrons. The van der Waals surface area contributed by atoms with Gasteiger partial charge < -0.3 is 15.9 Å². The summed E-state index contributed by atoms with van der Waals surface area (Å²) in [6, 6.07) is 0. The Bertz CT molecular complexity index is 215. The van der Waals surface area contributed by atoms with E-state index in [0.29, 0.717) is 0 Å². The average Bonchev–Trinajstić information content (AvgIpc) is 1.79. The predicted molar refractivity (Wildman–Crippen MR) is 55.7 cm³/mol. The zero-order valence-electron chi connectivity index (χ0n) is 6.78. The smallest absolute Gasteiger partial charge is 0.323 e. The number of aliphatic carboxylic acids is 2. The normalized spacial score (nSPS) is 30.4. The molecule has 5 nitrogen and oxygen atoms in total. The summed E-state index contributed by atoms with van der Waals surface area (Å²) in [4.78, 5) is 20.6. The van der Waals surface area contributed by atoms with Crippen LogP contribution in [-0.4, -0.2) is 27.7 Å². The number of hydrogen-bond acceptors (Lipinski definition) is 3. The van der Waals surface area contributed by atoms with Crippen molar-refractivity contribution in [3.05, 3.63) is 0 Å². The van der Waals surface area contributed by atoms with E-state index in [1.165, 1.54) is 0 Å². The van der Waals surface area contributed by atoms with Crippen LogP contribution in [-0.2, 0) is 9.59 Å². The van der Waals surface area contributed by atoms with Gasteiger partial charge in [-0.25, -0.2) is 0 Å². The van der Waals surface area contributed by atoms with Crippen molar-refractivity contribution in [2.24, 2.45) is 11.7 Å². The van der Waals surface area contributed by atoms with Crippen LogP contribution in [0.4, 0.5) is 0 Å². The molecule has 1 rings (SSSR count). The van der Waals surface area contributed by atoms with E-state index < -0.39 is 23.4 Å². The first-order valence-electron chi connectivity index (χ1n) is 3.21. The highest BCUT2D eigenvalue weighted by atomic mass is 32.1. The maximum absolute atomic E-state index is 10.4. The van der Waals surface area contributed by atoms with Crippen molar-refractivity contribution in [2.45, 2.75) is 18.4 Å². The van der Waals surface area contributed by atoms with Gasteiger partial charge in [0.2, 0.25) is 0 Å². The standard InChI is InChI=1S/C6H9NO4.2H2S/c7-6(5(10)11)1-3(2-6)4(8)9;;/h3H,1-2,7H2,(H,8,9)(H,10,11);2*1H2. The van der Waals surface area contributed by atoms with E-state index in [-0.39, 0.29) is 39.8 Å². The summed E-state index contributed by atoms with van der Waals surface area (Å²) >= 11 is 0. The molecule has 0 spiro atoms. The first kappa shape index (κ1) is 15.1. The van der Waals surface area contributed by atoms with E-state index in [2.05, 4.69) is 0 Å². The molecular formula is C6H13NO4S2. The molecule has 1 fully saturated rings. The van der Waals surface area contributed by atoms with Crippen molar-refractivity contribution in [2.75, 3.05) is 0 Å². The highest BCUT2D eigenvalue weighted by molar-refractivity contribution is 7.59. The minimum absolute atomic E-state index is 0. The number of nitrogens with two attached hydrogens (primary N) is 1. The molecule has 0 amide bonds. The van der Waals surface area contributed by atoms with Crippen molar-refractivity contribution in [3.8, 4) is 0 Å². The van der Waals surface area contributed by atoms with Crippen LogP contribution in [0.15, 0.2) is 0 Å². The lowest BCUT2D eigenvalue weighted by Gasteiger charge is -2.38. The number of rotatable bonds is 2. The quantitative estimate of drug-likeness (QED) is 0.590. The molecule has 0 aromatic rings. The van der Waals surface area contributed by atoms with E-state index in [1.807, 2.05) is 0 Å². The Hall–Kier alpha value is -0.400. The third-order valence-corrected chi connectivity index (χ3v) is 2.00. The zero-order valence-corrected chi connectivity index (χ0v) is 8.78. The molecular weight excluding hydrogens is 214 g/mol. The summed E-state index contributed by atoms with van der Waals surface area (Å²) in [7, 11) is 0. The van der Waals surface area contributed by atoms with Crippen molar-refractivity contribution in [3.63, 3.8) is 0 Å². The van der Waals surface area contributed by atoms with Gasteiger partial charge in [0.05, 0.1) is 5.92 Å². The zero-order chi connectivity index (χ0) is 8.65. The Morgan fingerprint density at radius 1 is 1.23 bits per heavy atom. The van der Waals surface area contributed by atoms with E-state index in [4.69, 9.17) is 15.9 Å². The van der Waals surface area contributed by atoms with Crippen molar-refractivity contribution in [1.82, 2.24) is 0 Å². The first-order valence-corrected chi connectivity index (χ1v) is 3.21. The first-order chi connectivity index (χ1) is 4.96. The third-order valence-electron chi connectivity index (χ3n) is 2.00. The number of carboxylic acids is 2. The molecule has 0 heterocycles. The van der Waals surface area contributed by atoms with Crippen LogP contribution >= 0.6 is 27.0 Å². The van der Waals surface area contributed by atoms with Gasteiger partial charge in [0.1, 0.15) is 5.54 Å². The lowest BCUT2D eigenvalue weighted by molar-refractivity contribution is -0.156. The maximum atomic E-state index is 10.4. The van der Waals surface area contributed by atoms with Gasteiger partial charge in [-0.1, -0.05) is 0 Å². The van der Waals surface area contributed by atoms with Gasteiger partial charge in [-0.15, -0.1) is 0 Å². The fourth-order valence-corrected chi connectivity index (χ4v) is 1.17. The Morgan fingerprint density at radius 3 is 1.85 bits per heavy atom. The van der Waals surface area contributed by atoms with Crippen LogP contribution in [0.1, 0.15) is 12.8 Å². The minimum atomic E-state index is -1.29. The molecule has 1 saturated carbocycles. The molecule has 0 atom stereocenters. The lowest BCUT2D eigenvalue weighted by Crippen LogP contribution is -2.59. The SMILES string of the molecule is NC1(C(=O)O)CC(C(=O)O)C1.S.S. The van der Waals surface area contributed by atoms with Crippen LogP contribution < -0.4 is 5.73 Å². The molecule has 4 N–H and O–H groups in total. The number of carbonyl (C=O) groups is 2. The monoisotopic (exact) mass is 227 g/mol. The third kappa shape index (κ3) is 2.78. The number of hydrogen-bond donors (Lipinski definition) is 3. The predicted octanol–water partition coefficient (Wildman–Crippen LogP) is -0.511. The Morgan fingerprint density at radius 2 is 1.62 bits per heavy atom. The van der Waals surface area contributed by atoms with Gasteiger partial charge in [0, 0.05) is 0 Å². The van der Waals surface area contributed by atoms with E-state index >= 15 is 0 Å². The summed E-state index contributed by atoms with van der Waals surface area (Å²) in [6.07, 6.45) is 0.0787. The Labute approximate surface area is 89.2 Å². The summed E-state index contributed by atoms with van der Waals surface area (Å²) in [5.74, 6) is -2.65. The Balaban J connectivity index is 0. The highest BCUT2D eigenvalue weighted by Crippen LogP contribution is 2.35. The Kier molecular flexibility index (Phi) is 5.49. The summed E-state index contributed by atoms with van der Waals surface area (Å²) in [5, 5.41) is 16.9. The van der Waals surface area contributed by atoms with Crippen LogP contribution in [0.3, 0.4) is 0 Å². The highest BCUT2D eigenvalue weighted by Gasteiger charge is 2.50. The van der Waals surface area contributed by atoms with E-state index in [0.717, 1.165) is 0 Å². The topological polar surface area (TPSA) is 101 Å².